The lowest BCUT2D eigenvalue weighted by Crippen LogP contribution is -2.51. The maximum Gasteiger partial charge on any atom is 0.257 e. The second-order valence-electron chi connectivity index (χ2n) is 9.34. The third kappa shape index (κ3) is 6.24. The molecule has 0 radical (unpaired) electrons. The van der Waals surface area contributed by atoms with Crippen molar-refractivity contribution < 1.29 is 34.1 Å². The number of nitrogens with one attached hydrogen (secondary N) is 1. The number of benzene rings is 3. The molecule has 42 heavy (non-hydrogen) atoms. The fraction of sp³-hybridized carbons (Fsp3) is 0.276. The topological polar surface area (TPSA) is 132 Å². The molecular weight excluding hydrogens is 587 g/mol. The SMILES string of the molecule is COc1cc(C(=O)N2CCN(CC(=O)N3c4ccc(Cl)cc4NC(=O)c4ccccc43)CC2)cc(OC)c1OC.Cl.O. The van der Waals surface area contributed by atoms with E-state index in [-0.39, 0.29) is 42.1 Å². The number of ether oxygens (including phenoxy) is 3. The van der Waals surface area contributed by atoms with Gasteiger partial charge in [0.25, 0.3) is 11.8 Å². The molecule has 5 rings (SSSR count). The molecule has 0 unspecified atom stereocenters. The monoisotopic (exact) mass is 618 g/mol. The molecule has 0 spiro atoms. The first-order valence-electron chi connectivity index (χ1n) is 12.7. The molecule has 3 amide bonds. The Balaban J connectivity index is 0.00000242. The molecule has 224 valence electrons. The largest absolute Gasteiger partial charge is 0.493 e. The number of hydrogen-bond donors (Lipinski definition) is 1. The summed E-state index contributed by atoms with van der Waals surface area (Å²) in [6, 6.07) is 15.3. The molecule has 0 atom stereocenters. The van der Waals surface area contributed by atoms with Crippen LogP contribution in [0.1, 0.15) is 20.7 Å². The molecule has 1 fully saturated rings. The molecule has 2 aliphatic rings. The summed E-state index contributed by atoms with van der Waals surface area (Å²) in [5.41, 5.74) is 2.32. The zero-order valence-electron chi connectivity index (χ0n) is 23.3. The standard InChI is InChI=1S/C29H29ClN4O6.ClH.H2O/c1-38-24-14-18(15-25(39-2)27(24)40-3)29(37)33-12-10-32(11-13-33)17-26(35)34-22-7-5-4-6-20(22)28(36)31-21-16-19(30)8-9-23(21)34;;/h4-9,14-16H,10-13,17H2,1-3H3,(H,31,36);1H;1H2. The minimum absolute atomic E-state index is 0. The molecule has 2 heterocycles. The van der Waals surface area contributed by atoms with E-state index in [4.69, 9.17) is 25.8 Å². The van der Waals surface area contributed by atoms with Gasteiger partial charge in [0, 0.05) is 36.8 Å². The van der Waals surface area contributed by atoms with Gasteiger partial charge in [-0.25, -0.2) is 0 Å². The van der Waals surface area contributed by atoms with E-state index in [1.807, 2.05) is 4.90 Å². The summed E-state index contributed by atoms with van der Waals surface area (Å²) < 4.78 is 16.1. The van der Waals surface area contributed by atoms with Crippen molar-refractivity contribution in [3.8, 4) is 17.2 Å². The molecular formula is C29H32Cl2N4O7. The van der Waals surface area contributed by atoms with Crippen LogP contribution < -0.4 is 24.4 Å². The smallest absolute Gasteiger partial charge is 0.257 e. The molecule has 0 bridgehead atoms. The Morgan fingerprint density at radius 2 is 1.52 bits per heavy atom. The molecule has 3 N–H and O–H groups in total. The van der Waals surface area contributed by atoms with Gasteiger partial charge in [-0.05, 0) is 42.5 Å². The van der Waals surface area contributed by atoms with E-state index in [1.165, 1.54) is 21.3 Å². The highest BCUT2D eigenvalue weighted by Crippen LogP contribution is 2.40. The Hall–Kier alpha value is -4.03. The van der Waals surface area contributed by atoms with Gasteiger partial charge >= 0.3 is 0 Å². The molecule has 0 aliphatic carbocycles. The number of halogens is 2. The number of para-hydroxylation sites is 1. The molecule has 2 aliphatic heterocycles. The molecule has 11 nitrogen and oxygen atoms in total. The Morgan fingerprint density at radius 3 is 2.14 bits per heavy atom. The highest BCUT2D eigenvalue weighted by molar-refractivity contribution is 6.31. The number of anilines is 3. The van der Waals surface area contributed by atoms with E-state index in [0.29, 0.717) is 76.6 Å². The normalized spacial score (nSPS) is 14.2. The second-order valence-corrected chi connectivity index (χ2v) is 9.78. The van der Waals surface area contributed by atoms with Crippen LogP contribution in [0.2, 0.25) is 5.02 Å². The zero-order chi connectivity index (χ0) is 28.4. The van der Waals surface area contributed by atoms with Crippen LogP contribution in [-0.2, 0) is 4.79 Å². The van der Waals surface area contributed by atoms with Gasteiger partial charge in [0.05, 0.1) is 50.5 Å². The lowest BCUT2D eigenvalue weighted by atomic mass is 10.1. The van der Waals surface area contributed by atoms with Crippen LogP contribution in [0.25, 0.3) is 0 Å². The molecule has 13 heteroatoms. The zero-order valence-corrected chi connectivity index (χ0v) is 24.9. The molecule has 1 saturated heterocycles. The summed E-state index contributed by atoms with van der Waals surface area (Å²) in [5, 5.41) is 3.31. The van der Waals surface area contributed by atoms with E-state index in [1.54, 1.807) is 64.4 Å². The first-order chi connectivity index (χ1) is 19.3. The number of hydrogen-bond acceptors (Lipinski definition) is 7. The first kappa shape index (κ1) is 32.5. The van der Waals surface area contributed by atoms with E-state index in [0.717, 1.165) is 0 Å². The summed E-state index contributed by atoms with van der Waals surface area (Å²) in [6.07, 6.45) is 0. The van der Waals surface area contributed by atoms with Crippen LogP contribution in [0.4, 0.5) is 17.1 Å². The van der Waals surface area contributed by atoms with Crippen molar-refractivity contribution in [2.75, 3.05) is 64.3 Å². The minimum atomic E-state index is -0.312. The molecule has 0 saturated carbocycles. The van der Waals surface area contributed by atoms with Gasteiger partial charge in [0.15, 0.2) is 11.5 Å². The second kappa shape index (κ2) is 13.8. The van der Waals surface area contributed by atoms with Crippen LogP contribution in [-0.4, -0.2) is 87.1 Å². The fourth-order valence-corrected chi connectivity index (χ4v) is 5.18. The Labute approximate surface area is 254 Å². The quantitative estimate of drug-likeness (QED) is 0.446. The number of carbonyl (C=O) groups excluding carboxylic acids is 3. The van der Waals surface area contributed by atoms with Crippen LogP contribution in [0.15, 0.2) is 54.6 Å². The number of methoxy groups -OCH3 is 3. The van der Waals surface area contributed by atoms with E-state index in [2.05, 4.69) is 5.32 Å². The van der Waals surface area contributed by atoms with Gasteiger partial charge in [0.2, 0.25) is 11.7 Å². The Morgan fingerprint density at radius 1 is 0.881 bits per heavy atom. The summed E-state index contributed by atoms with van der Waals surface area (Å²) in [7, 11) is 4.51. The van der Waals surface area contributed by atoms with E-state index >= 15 is 0 Å². The number of carbonyl (C=O) groups is 3. The third-order valence-electron chi connectivity index (χ3n) is 7.02. The van der Waals surface area contributed by atoms with Gasteiger partial charge in [-0.3, -0.25) is 24.2 Å². The van der Waals surface area contributed by atoms with Crippen LogP contribution in [0.5, 0.6) is 17.2 Å². The summed E-state index contributed by atoms with van der Waals surface area (Å²) in [4.78, 5) is 45.3. The van der Waals surface area contributed by atoms with Gasteiger partial charge in [-0.15, -0.1) is 12.4 Å². The summed E-state index contributed by atoms with van der Waals surface area (Å²) >= 11 is 6.19. The number of nitrogens with zero attached hydrogens (tertiary/aromatic N) is 3. The minimum Gasteiger partial charge on any atom is -0.493 e. The van der Waals surface area contributed by atoms with Crippen molar-refractivity contribution in [3.63, 3.8) is 0 Å². The van der Waals surface area contributed by atoms with Crippen molar-refractivity contribution in [2.24, 2.45) is 0 Å². The van der Waals surface area contributed by atoms with Crippen molar-refractivity contribution in [1.29, 1.82) is 0 Å². The van der Waals surface area contributed by atoms with Gasteiger partial charge in [-0.1, -0.05) is 23.7 Å². The predicted molar refractivity (Wildman–Crippen MR) is 162 cm³/mol. The van der Waals surface area contributed by atoms with Crippen LogP contribution in [0, 0.1) is 0 Å². The van der Waals surface area contributed by atoms with Gasteiger partial charge < -0.3 is 29.9 Å². The van der Waals surface area contributed by atoms with Crippen molar-refractivity contribution in [3.05, 3.63) is 70.7 Å². The number of amides is 3. The predicted octanol–water partition coefficient (Wildman–Crippen LogP) is 3.65. The number of piperazine rings is 1. The fourth-order valence-electron chi connectivity index (χ4n) is 5.01. The molecule has 3 aromatic rings. The molecule has 3 aromatic carbocycles. The van der Waals surface area contributed by atoms with Crippen LogP contribution >= 0.6 is 24.0 Å². The summed E-state index contributed by atoms with van der Waals surface area (Å²) in [5.74, 6) is 0.552. The maximum absolute atomic E-state index is 13.8. The van der Waals surface area contributed by atoms with Gasteiger partial charge in [-0.2, -0.15) is 0 Å². The Kier molecular flexibility index (Phi) is 10.6. The first-order valence-corrected chi connectivity index (χ1v) is 13.1. The lowest BCUT2D eigenvalue weighted by Gasteiger charge is -2.35. The van der Waals surface area contributed by atoms with E-state index < -0.39 is 0 Å². The number of fused-ring (bicyclic) bond motifs is 2. The highest BCUT2D eigenvalue weighted by Gasteiger charge is 2.32. The van der Waals surface area contributed by atoms with E-state index in [9.17, 15) is 14.4 Å². The highest BCUT2D eigenvalue weighted by atomic mass is 35.5. The average molecular weight is 620 g/mol. The van der Waals surface area contributed by atoms with Crippen molar-refractivity contribution in [1.82, 2.24) is 9.80 Å². The van der Waals surface area contributed by atoms with Gasteiger partial charge in [0.1, 0.15) is 0 Å². The summed E-state index contributed by atoms with van der Waals surface area (Å²) in [6.45, 7) is 1.98. The van der Waals surface area contributed by atoms with Crippen LogP contribution in [0.3, 0.4) is 0 Å². The molecule has 0 aromatic heterocycles. The van der Waals surface area contributed by atoms with Crippen molar-refractivity contribution >= 4 is 58.8 Å². The average Bonchev–Trinajstić information content (AvgIpc) is 3.09. The Bertz CT molecular complexity index is 1450. The third-order valence-corrected chi connectivity index (χ3v) is 7.25. The number of rotatable bonds is 6. The van der Waals surface area contributed by atoms with Crippen molar-refractivity contribution in [2.45, 2.75) is 0 Å². The lowest BCUT2D eigenvalue weighted by molar-refractivity contribution is -0.119. The maximum atomic E-state index is 13.8.